The van der Waals surface area contributed by atoms with Crippen LogP contribution >= 0.6 is 0 Å². The van der Waals surface area contributed by atoms with Crippen molar-refractivity contribution < 1.29 is 23.8 Å². The number of likely N-dealkylation sites (tertiary alicyclic amines) is 1. The van der Waals surface area contributed by atoms with E-state index in [1.54, 1.807) is 12.0 Å². The number of rotatable bonds is 6. The standard InChI is InChI=1S/C22H32N2O5/c1-15(25)23-13-22(2)14-24(21(26)28-4)12-18(22)16-9-10-19(27-3)20(11-16)29-17-7-5-6-8-17/h9-11,17-18H,5-8,12-14H2,1-4H3,(H,23,25)/t18-,22+/m0/s1. The number of benzene rings is 1. The monoisotopic (exact) mass is 404 g/mol. The Balaban J connectivity index is 1.89. The van der Waals surface area contributed by atoms with E-state index in [1.807, 2.05) is 18.2 Å². The molecule has 7 nitrogen and oxygen atoms in total. The Morgan fingerprint density at radius 3 is 2.55 bits per heavy atom. The van der Waals surface area contributed by atoms with Crippen molar-refractivity contribution in [1.29, 1.82) is 0 Å². The van der Waals surface area contributed by atoms with Crippen LogP contribution in [0.25, 0.3) is 0 Å². The fourth-order valence-electron chi connectivity index (χ4n) is 4.52. The second-order valence-electron chi connectivity index (χ2n) is 8.40. The lowest BCUT2D eigenvalue weighted by Gasteiger charge is -2.31. The fourth-order valence-corrected chi connectivity index (χ4v) is 4.52. The van der Waals surface area contributed by atoms with Crippen LogP contribution in [0, 0.1) is 5.41 Å². The van der Waals surface area contributed by atoms with Crippen LogP contribution in [-0.2, 0) is 9.53 Å². The molecule has 3 rings (SSSR count). The number of ether oxygens (including phenoxy) is 3. The minimum atomic E-state index is -0.350. The highest BCUT2D eigenvalue weighted by atomic mass is 16.5. The molecule has 0 bridgehead atoms. The second-order valence-corrected chi connectivity index (χ2v) is 8.40. The van der Waals surface area contributed by atoms with Crippen molar-refractivity contribution in [2.45, 2.75) is 51.6 Å². The molecule has 0 radical (unpaired) electrons. The molecular formula is C22H32N2O5. The van der Waals surface area contributed by atoms with Crippen molar-refractivity contribution >= 4 is 12.0 Å². The number of methoxy groups -OCH3 is 2. The molecule has 160 valence electrons. The zero-order valence-electron chi connectivity index (χ0n) is 17.8. The van der Waals surface area contributed by atoms with E-state index >= 15 is 0 Å². The Kier molecular flexibility index (Phi) is 6.55. The highest BCUT2D eigenvalue weighted by Crippen LogP contribution is 2.45. The van der Waals surface area contributed by atoms with Gasteiger partial charge in [-0.25, -0.2) is 4.79 Å². The van der Waals surface area contributed by atoms with Crippen LogP contribution < -0.4 is 14.8 Å². The molecule has 2 aliphatic rings. The van der Waals surface area contributed by atoms with Crippen LogP contribution in [0.1, 0.15) is 51.0 Å². The van der Waals surface area contributed by atoms with Gasteiger partial charge in [0.15, 0.2) is 11.5 Å². The molecule has 29 heavy (non-hydrogen) atoms. The number of hydrogen-bond acceptors (Lipinski definition) is 5. The SMILES string of the molecule is COC(=O)N1C[C@@H](c2ccc(OC)c(OC3CCCC3)c2)[C@](C)(CNC(C)=O)C1. The maximum atomic E-state index is 12.2. The normalized spacial score (nSPS) is 24.4. The Hall–Kier alpha value is -2.44. The van der Waals surface area contributed by atoms with Gasteiger partial charge in [0, 0.05) is 37.9 Å². The molecule has 0 unspecified atom stereocenters. The van der Waals surface area contributed by atoms with Gasteiger partial charge in [0.25, 0.3) is 0 Å². The van der Waals surface area contributed by atoms with Crippen LogP contribution in [0.3, 0.4) is 0 Å². The number of amides is 2. The quantitative estimate of drug-likeness (QED) is 0.787. The maximum Gasteiger partial charge on any atom is 0.409 e. The topological polar surface area (TPSA) is 77.1 Å². The number of carbonyl (C=O) groups is 2. The molecule has 1 aromatic rings. The van der Waals surface area contributed by atoms with E-state index in [2.05, 4.69) is 12.2 Å². The molecule has 1 aromatic carbocycles. The molecule has 2 amide bonds. The molecule has 2 fully saturated rings. The predicted octanol–water partition coefficient (Wildman–Crippen LogP) is 3.32. The third-order valence-corrected chi connectivity index (χ3v) is 6.16. The summed E-state index contributed by atoms with van der Waals surface area (Å²) in [7, 11) is 3.04. The summed E-state index contributed by atoms with van der Waals surface area (Å²) in [6.45, 7) is 5.11. The van der Waals surface area contributed by atoms with Crippen LogP contribution in [-0.4, -0.2) is 56.9 Å². The van der Waals surface area contributed by atoms with Gasteiger partial charge in [-0.2, -0.15) is 0 Å². The largest absolute Gasteiger partial charge is 0.493 e. The first-order valence-electron chi connectivity index (χ1n) is 10.3. The van der Waals surface area contributed by atoms with Gasteiger partial charge in [-0.15, -0.1) is 0 Å². The average Bonchev–Trinajstić information content (AvgIpc) is 3.34. The summed E-state index contributed by atoms with van der Waals surface area (Å²) >= 11 is 0. The average molecular weight is 405 g/mol. The minimum Gasteiger partial charge on any atom is -0.493 e. The van der Waals surface area contributed by atoms with Gasteiger partial charge >= 0.3 is 6.09 Å². The number of hydrogen-bond donors (Lipinski definition) is 1. The van der Waals surface area contributed by atoms with Crippen LogP contribution in [0.5, 0.6) is 11.5 Å². The summed E-state index contributed by atoms with van der Waals surface area (Å²) in [4.78, 5) is 25.4. The van der Waals surface area contributed by atoms with E-state index in [0.29, 0.717) is 25.4 Å². The van der Waals surface area contributed by atoms with Gasteiger partial charge in [-0.1, -0.05) is 13.0 Å². The molecule has 1 N–H and O–H groups in total. The van der Waals surface area contributed by atoms with E-state index in [1.165, 1.54) is 26.9 Å². The van der Waals surface area contributed by atoms with Gasteiger partial charge in [0.1, 0.15) is 0 Å². The van der Waals surface area contributed by atoms with Crippen molar-refractivity contribution in [1.82, 2.24) is 10.2 Å². The Morgan fingerprint density at radius 1 is 1.21 bits per heavy atom. The van der Waals surface area contributed by atoms with Crippen molar-refractivity contribution in [2.24, 2.45) is 5.41 Å². The molecule has 1 aliphatic heterocycles. The molecule has 0 spiro atoms. The van der Waals surface area contributed by atoms with E-state index in [-0.39, 0.29) is 29.4 Å². The van der Waals surface area contributed by atoms with Gasteiger partial charge in [0.05, 0.1) is 20.3 Å². The maximum absolute atomic E-state index is 12.2. The van der Waals surface area contributed by atoms with E-state index < -0.39 is 0 Å². The van der Waals surface area contributed by atoms with Crippen LogP contribution in [0.4, 0.5) is 4.79 Å². The molecular weight excluding hydrogens is 372 g/mol. The molecule has 1 saturated carbocycles. The van der Waals surface area contributed by atoms with Crippen molar-refractivity contribution in [3.05, 3.63) is 23.8 Å². The Morgan fingerprint density at radius 2 is 1.93 bits per heavy atom. The summed E-state index contributed by atoms with van der Waals surface area (Å²) < 4.78 is 16.7. The lowest BCUT2D eigenvalue weighted by molar-refractivity contribution is -0.119. The lowest BCUT2D eigenvalue weighted by Crippen LogP contribution is -2.40. The Labute approximate surface area is 172 Å². The summed E-state index contributed by atoms with van der Waals surface area (Å²) in [5, 5.41) is 2.93. The number of nitrogens with one attached hydrogen (secondary N) is 1. The molecule has 1 saturated heterocycles. The number of nitrogens with zero attached hydrogens (tertiary/aromatic N) is 1. The van der Waals surface area contributed by atoms with Crippen molar-refractivity contribution in [3.8, 4) is 11.5 Å². The summed E-state index contributed by atoms with van der Waals surface area (Å²) in [5.41, 5.74) is 0.747. The van der Waals surface area contributed by atoms with Gasteiger partial charge in [-0.3, -0.25) is 4.79 Å². The predicted molar refractivity (Wildman–Crippen MR) is 109 cm³/mol. The van der Waals surface area contributed by atoms with Gasteiger partial charge in [0.2, 0.25) is 5.91 Å². The van der Waals surface area contributed by atoms with Crippen LogP contribution in [0.2, 0.25) is 0 Å². The second kappa shape index (κ2) is 8.93. The van der Waals surface area contributed by atoms with Crippen LogP contribution in [0.15, 0.2) is 18.2 Å². The molecule has 0 aromatic heterocycles. The minimum absolute atomic E-state index is 0.0327. The molecule has 7 heteroatoms. The van der Waals surface area contributed by atoms with E-state index in [4.69, 9.17) is 14.2 Å². The van der Waals surface area contributed by atoms with Crippen molar-refractivity contribution in [2.75, 3.05) is 33.9 Å². The van der Waals surface area contributed by atoms with E-state index in [9.17, 15) is 9.59 Å². The Bertz CT molecular complexity index is 747. The first-order valence-corrected chi connectivity index (χ1v) is 10.3. The lowest BCUT2D eigenvalue weighted by atomic mass is 9.76. The highest BCUT2D eigenvalue weighted by Gasteiger charge is 2.46. The van der Waals surface area contributed by atoms with Gasteiger partial charge < -0.3 is 24.4 Å². The first-order chi connectivity index (χ1) is 13.9. The highest BCUT2D eigenvalue weighted by molar-refractivity contribution is 5.73. The first kappa shape index (κ1) is 21.3. The summed E-state index contributed by atoms with van der Waals surface area (Å²) in [6.07, 6.45) is 4.38. The van der Waals surface area contributed by atoms with Gasteiger partial charge in [-0.05, 0) is 43.4 Å². The smallest absolute Gasteiger partial charge is 0.409 e. The zero-order valence-corrected chi connectivity index (χ0v) is 17.8. The fraction of sp³-hybridized carbons (Fsp3) is 0.636. The third-order valence-electron chi connectivity index (χ3n) is 6.16. The number of carbonyl (C=O) groups excluding carboxylic acids is 2. The molecule has 1 heterocycles. The van der Waals surface area contributed by atoms with Crippen molar-refractivity contribution in [3.63, 3.8) is 0 Å². The van der Waals surface area contributed by atoms with E-state index in [0.717, 1.165) is 24.2 Å². The summed E-state index contributed by atoms with van der Waals surface area (Å²) in [5.74, 6) is 1.41. The third kappa shape index (κ3) is 4.77. The molecule has 1 aliphatic carbocycles. The molecule has 2 atom stereocenters. The zero-order chi connectivity index (χ0) is 21.0. The summed E-state index contributed by atoms with van der Waals surface area (Å²) in [6, 6.07) is 5.99.